The molecule has 0 atom stereocenters. The highest BCUT2D eigenvalue weighted by atomic mass is 16.5. The second-order valence-electron chi connectivity index (χ2n) is 6.33. The van der Waals surface area contributed by atoms with Gasteiger partial charge in [-0.3, -0.25) is 9.89 Å². The molecule has 0 radical (unpaired) electrons. The molecule has 1 aliphatic heterocycles. The third kappa shape index (κ3) is 2.42. The van der Waals surface area contributed by atoms with Crippen LogP contribution in [-0.4, -0.2) is 39.7 Å². The van der Waals surface area contributed by atoms with Crippen molar-refractivity contribution in [3.05, 3.63) is 41.7 Å². The quantitative estimate of drug-likeness (QED) is 0.875. The van der Waals surface area contributed by atoms with Gasteiger partial charge in [-0.25, -0.2) is 9.69 Å². The Labute approximate surface area is 140 Å². The lowest BCUT2D eigenvalue weighted by atomic mass is 10.0. The second kappa shape index (κ2) is 5.67. The van der Waals surface area contributed by atoms with E-state index in [2.05, 4.69) is 10.2 Å². The Bertz CT molecular complexity index is 783. The Kier molecular flexibility index (Phi) is 3.79. The zero-order valence-corrected chi connectivity index (χ0v) is 14.2. The number of anilines is 1. The highest BCUT2D eigenvalue weighted by molar-refractivity contribution is 6.22. The summed E-state index contributed by atoms with van der Waals surface area (Å²) in [5.41, 5.74) is 1.45. The molecule has 0 saturated carbocycles. The summed E-state index contributed by atoms with van der Waals surface area (Å²) in [4.78, 5) is 28.3. The number of methoxy groups -OCH3 is 1. The van der Waals surface area contributed by atoms with Crippen LogP contribution in [0.15, 0.2) is 30.6 Å². The van der Waals surface area contributed by atoms with Gasteiger partial charge in [0.25, 0.3) is 5.91 Å². The fraction of sp³-hybridized carbons (Fsp3) is 0.353. The van der Waals surface area contributed by atoms with Crippen molar-refractivity contribution in [3.63, 3.8) is 0 Å². The van der Waals surface area contributed by atoms with Gasteiger partial charge in [-0.1, -0.05) is 12.1 Å². The van der Waals surface area contributed by atoms with Crippen molar-refractivity contribution < 1.29 is 14.3 Å². The van der Waals surface area contributed by atoms with Crippen molar-refractivity contribution in [3.8, 4) is 5.75 Å². The fourth-order valence-electron chi connectivity index (χ4n) is 2.92. The number of rotatable bonds is 4. The van der Waals surface area contributed by atoms with Crippen molar-refractivity contribution in [2.75, 3.05) is 12.0 Å². The molecular formula is C17H20N4O3. The van der Waals surface area contributed by atoms with E-state index in [-0.39, 0.29) is 11.9 Å². The molecule has 0 unspecified atom stereocenters. The van der Waals surface area contributed by atoms with Crippen molar-refractivity contribution in [2.45, 2.75) is 32.9 Å². The number of hydrogen-bond acceptors (Lipinski definition) is 4. The highest BCUT2D eigenvalue weighted by Crippen LogP contribution is 2.33. The standard InChI is InChI=1S/C17H20N4O3/c1-11-7-12(5-6-14(11)24-4)10-20-16(23)21(13-8-18-19-9-13)15(22)17(20,2)3/h5-9H,10H2,1-4H3,(H,18,19). The van der Waals surface area contributed by atoms with Crippen LogP contribution >= 0.6 is 0 Å². The lowest BCUT2D eigenvalue weighted by Crippen LogP contribution is -2.43. The predicted octanol–water partition coefficient (Wildman–Crippen LogP) is 2.47. The number of hydrogen-bond donors (Lipinski definition) is 1. The van der Waals surface area contributed by atoms with Gasteiger partial charge in [0.1, 0.15) is 11.3 Å². The largest absolute Gasteiger partial charge is 0.496 e. The zero-order valence-electron chi connectivity index (χ0n) is 14.2. The zero-order chi connectivity index (χ0) is 17.5. The number of carbonyl (C=O) groups excluding carboxylic acids is 2. The van der Waals surface area contributed by atoms with E-state index < -0.39 is 5.54 Å². The van der Waals surface area contributed by atoms with E-state index in [1.54, 1.807) is 25.9 Å². The summed E-state index contributed by atoms with van der Waals surface area (Å²) in [6, 6.07) is 5.39. The monoisotopic (exact) mass is 328 g/mol. The van der Waals surface area contributed by atoms with Crippen molar-refractivity contribution in [1.82, 2.24) is 15.1 Å². The number of imide groups is 1. The summed E-state index contributed by atoms with van der Waals surface area (Å²) in [6.07, 6.45) is 3.00. The molecule has 1 saturated heterocycles. The molecule has 1 fully saturated rings. The molecule has 3 amide bonds. The van der Waals surface area contributed by atoms with Crippen molar-refractivity contribution in [2.24, 2.45) is 0 Å². The number of nitrogens with zero attached hydrogens (tertiary/aromatic N) is 3. The number of urea groups is 1. The molecule has 0 bridgehead atoms. The Hall–Kier alpha value is -2.83. The fourth-order valence-corrected chi connectivity index (χ4v) is 2.92. The molecule has 1 aliphatic rings. The summed E-state index contributed by atoms with van der Waals surface area (Å²) in [5, 5.41) is 6.45. The number of H-pyrrole nitrogens is 1. The summed E-state index contributed by atoms with van der Waals surface area (Å²) in [5.74, 6) is 0.529. The number of nitrogens with one attached hydrogen (secondary N) is 1. The van der Waals surface area contributed by atoms with E-state index in [1.165, 1.54) is 17.3 Å². The number of aromatic amines is 1. The molecule has 2 aromatic rings. The van der Waals surface area contributed by atoms with E-state index in [0.717, 1.165) is 16.9 Å². The third-order valence-electron chi connectivity index (χ3n) is 4.37. The van der Waals surface area contributed by atoms with E-state index in [4.69, 9.17) is 4.74 Å². The molecule has 7 nitrogen and oxygen atoms in total. The normalized spacial score (nSPS) is 16.8. The average Bonchev–Trinajstić information content (AvgIpc) is 3.11. The first-order valence-electron chi connectivity index (χ1n) is 7.64. The van der Waals surface area contributed by atoms with E-state index in [1.807, 2.05) is 25.1 Å². The average molecular weight is 328 g/mol. The van der Waals surface area contributed by atoms with Gasteiger partial charge < -0.3 is 9.64 Å². The number of aromatic nitrogens is 2. The molecular weight excluding hydrogens is 308 g/mol. The van der Waals surface area contributed by atoms with Crippen molar-refractivity contribution in [1.29, 1.82) is 0 Å². The van der Waals surface area contributed by atoms with Crippen LogP contribution in [0.4, 0.5) is 10.5 Å². The Morgan fingerprint density at radius 2 is 2.04 bits per heavy atom. The Balaban J connectivity index is 1.91. The van der Waals surface area contributed by atoms with Crippen LogP contribution in [0.1, 0.15) is 25.0 Å². The topological polar surface area (TPSA) is 78.5 Å². The molecule has 126 valence electrons. The third-order valence-corrected chi connectivity index (χ3v) is 4.37. The Morgan fingerprint density at radius 1 is 1.29 bits per heavy atom. The van der Waals surface area contributed by atoms with Crippen LogP contribution in [0.25, 0.3) is 0 Å². The van der Waals surface area contributed by atoms with Crippen molar-refractivity contribution >= 4 is 17.6 Å². The maximum atomic E-state index is 12.8. The smallest absolute Gasteiger partial charge is 0.332 e. The molecule has 3 rings (SSSR count). The van der Waals surface area contributed by atoms with E-state index >= 15 is 0 Å². The summed E-state index contributed by atoms with van der Waals surface area (Å²) >= 11 is 0. The molecule has 0 spiro atoms. The molecule has 2 heterocycles. The summed E-state index contributed by atoms with van der Waals surface area (Å²) < 4.78 is 5.26. The number of amides is 3. The van der Waals surface area contributed by atoms with Crippen LogP contribution in [-0.2, 0) is 11.3 Å². The minimum Gasteiger partial charge on any atom is -0.496 e. The number of benzene rings is 1. The first kappa shape index (κ1) is 16.0. The lowest BCUT2D eigenvalue weighted by molar-refractivity contribution is -0.123. The molecule has 24 heavy (non-hydrogen) atoms. The number of carbonyl (C=O) groups is 2. The van der Waals surface area contributed by atoms with Crippen LogP contribution in [0.2, 0.25) is 0 Å². The van der Waals surface area contributed by atoms with Gasteiger partial charge in [-0.15, -0.1) is 0 Å². The molecule has 1 aromatic carbocycles. The second-order valence-corrected chi connectivity index (χ2v) is 6.33. The molecule has 1 N–H and O–H groups in total. The SMILES string of the molecule is COc1ccc(CN2C(=O)N(c3cn[nH]c3)C(=O)C2(C)C)cc1C. The van der Waals surface area contributed by atoms with E-state index in [0.29, 0.717) is 12.2 Å². The predicted molar refractivity (Wildman–Crippen MR) is 88.8 cm³/mol. The van der Waals surface area contributed by atoms with Gasteiger partial charge in [0.05, 0.1) is 19.0 Å². The lowest BCUT2D eigenvalue weighted by Gasteiger charge is -2.28. The van der Waals surface area contributed by atoms with Gasteiger partial charge in [0, 0.05) is 12.7 Å². The summed E-state index contributed by atoms with van der Waals surface area (Å²) in [7, 11) is 1.62. The number of aryl methyl sites for hydroxylation is 1. The van der Waals surface area contributed by atoms with Gasteiger partial charge in [-0.2, -0.15) is 5.10 Å². The Morgan fingerprint density at radius 3 is 2.62 bits per heavy atom. The number of ether oxygens (including phenoxy) is 1. The first-order valence-corrected chi connectivity index (χ1v) is 7.64. The molecule has 7 heteroatoms. The van der Waals surface area contributed by atoms with Gasteiger partial charge in [0.15, 0.2) is 0 Å². The molecule has 0 aliphatic carbocycles. The van der Waals surface area contributed by atoms with Gasteiger partial charge in [0.2, 0.25) is 0 Å². The van der Waals surface area contributed by atoms with Gasteiger partial charge >= 0.3 is 6.03 Å². The summed E-state index contributed by atoms with van der Waals surface area (Å²) in [6.45, 7) is 5.80. The minimum absolute atomic E-state index is 0.265. The highest BCUT2D eigenvalue weighted by Gasteiger charge is 2.51. The van der Waals surface area contributed by atoms with Crippen LogP contribution < -0.4 is 9.64 Å². The van der Waals surface area contributed by atoms with Gasteiger partial charge in [-0.05, 0) is 38.0 Å². The van der Waals surface area contributed by atoms with Crippen LogP contribution in [0.3, 0.4) is 0 Å². The molecule has 1 aromatic heterocycles. The first-order chi connectivity index (χ1) is 11.4. The maximum absolute atomic E-state index is 12.8. The minimum atomic E-state index is -0.928. The van der Waals surface area contributed by atoms with E-state index in [9.17, 15) is 9.59 Å². The maximum Gasteiger partial charge on any atom is 0.332 e. The van der Waals surface area contributed by atoms with Crippen LogP contribution in [0.5, 0.6) is 5.75 Å². The van der Waals surface area contributed by atoms with Crippen LogP contribution in [0, 0.1) is 6.92 Å².